The van der Waals surface area contributed by atoms with Crippen LogP contribution in [-0.2, 0) is 10.0 Å². The molecular weight excluding hydrogens is 310 g/mol. The molecule has 0 fully saturated rings. The second-order valence-corrected chi connectivity index (χ2v) is 7.11. The normalized spacial score (nSPS) is 12.8. The summed E-state index contributed by atoms with van der Waals surface area (Å²) in [5, 5.41) is 0. The summed E-state index contributed by atoms with van der Waals surface area (Å²) in [5.41, 5.74) is 2.12. The van der Waals surface area contributed by atoms with Gasteiger partial charge in [0.2, 0.25) is 10.0 Å². The lowest BCUT2D eigenvalue weighted by atomic mass is 10.0. The van der Waals surface area contributed by atoms with Gasteiger partial charge in [-0.15, -0.1) is 0 Å². The summed E-state index contributed by atoms with van der Waals surface area (Å²) in [5.74, 6) is 0.664. The second-order valence-electron chi connectivity index (χ2n) is 5.40. The van der Waals surface area contributed by atoms with E-state index in [-0.39, 0.29) is 10.9 Å². The van der Waals surface area contributed by atoms with Crippen molar-refractivity contribution < 1.29 is 13.2 Å². The van der Waals surface area contributed by atoms with Crippen molar-refractivity contribution in [1.29, 1.82) is 0 Å². The summed E-state index contributed by atoms with van der Waals surface area (Å²) in [7, 11) is -3.57. The average Bonchev–Trinajstić information content (AvgIpc) is 2.54. The molecular formula is C18H23NO3S. The lowest BCUT2D eigenvalue weighted by Crippen LogP contribution is -2.28. The molecule has 1 N–H and O–H groups in total. The molecule has 0 saturated heterocycles. The van der Waals surface area contributed by atoms with Crippen molar-refractivity contribution in [3.05, 3.63) is 59.7 Å². The third-order valence-corrected chi connectivity index (χ3v) is 5.12. The van der Waals surface area contributed by atoms with Crippen molar-refractivity contribution in [3.63, 3.8) is 0 Å². The van der Waals surface area contributed by atoms with Gasteiger partial charge in [-0.2, -0.15) is 0 Å². The number of aryl methyl sites for hydroxylation is 1. The number of ether oxygens (including phenoxy) is 1. The minimum Gasteiger partial charge on any atom is -0.494 e. The Morgan fingerprint density at radius 2 is 1.61 bits per heavy atom. The Hall–Kier alpha value is -1.85. The summed E-state index contributed by atoms with van der Waals surface area (Å²) in [6.45, 7) is 6.41. The van der Waals surface area contributed by atoms with Gasteiger partial charge in [0.1, 0.15) is 5.75 Å². The van der Waals surface area contributed by atoms with E-state index < -0.39 is 10.0 Å². The van der Waals surface area contributed by atoms with E-state index in [2.05, 4.69) is 4.72 Å². The zero-order valence-corrected chi connectivity index (χ0v) is 14.6. The standard InChI is InChI=1S/C18H23NO3S/c1-4-18(15-8-6-14(3)7-9-15)19-23(20,21)17-12-10-16(11-13-17)22-5-2/h6-13,18-19H,4-5H2,1-3H3/t18-/m0/s1. The Morgan fingerprint density at radius 3 is 2.13 bits per heavy atom. The van der Waals surface area contributed by atoms with Gasteiger partial charge >= 0.3 is 0 Å². The molecule has 23 heavy (non-hydrogen) atoms. The Balaban J connectivity index is 2.19. The van der Waals surface area contributed by atoms with E-state index in [0.29, 0.717) is 18.8 Å². The van der Waals surface area contributed by atoms with Gasteiger partial charge in [-0.25, -0.2) is 13.1 Å². The van der Waals surface area contributed by atoms with Crippen LogP contribution >= 0.6 is 0 Å². The Bertz CT molecular complexity index is 722. The number of benzene rings is 2. The minimum atomic E-state index is -3.57. The van der Waals surface area contributed by atoms with Crippen molar-refractivity contribution in [3.8, 4) is 5.75 Å². The first-order valence-corrected chi connectivity index (χ1v) is 9.26. The average molecular weight is 333 g/mol. The third kappa shape index (κ3) is 4.56. The molecule has 0 radical (unpaired) electrons. The summed E-state index contributed by atoms with van der Waals surface area (Å²) in [4.78, 5) is 0.242. The predicted molar refractivity (Wildman–Crippen MR) is 92.1 cm³/mol. The molecule has 0 aromatic heterocycles. The zero-order chi connectivity index (χ0) is 16.9. The predicted octanol–water partition coefficient (Wildman–Crippen LogP) is 3.82. The summed E-state index contributed by atoms with van der Waals surface area (Å²) < 4.78 is 33.2. The number of nitrogens with one attached hydrogen (secondary N) is 1. The van der Waals surface area contributed by atoms with E-state index >= 15 is 0 Å². The largest absolute Gasteiger partial charge is 0.494 e. The maximum atomic E-state index is 12.6. The van der Waals surface area contributed by atoms with Crippen molar-refractivity contribution in [2.75, 3.05) is 6.61 Å². The Labute approximate surface area is 138 Å². The van der Waals surface area contributed by atoms with Gasteiger partial charge in [-0.05, 0) is 50.1 Å². The van der Waals surface area contributed by atoms with Crippen molar-refractivity contribution in [1.82, 2.24) is 4.72 Å². The fourth-order valence-corrected chi connectivity index (χ4v) is 3.63. The van der Waals surface area contributed by atoms with Crippen LogP contribution in [0.3, 0.4) is 0 Å². The number of hydrogen-bond acceptors (Lipinski definition) is 3. The van der Waals surface area contributed by atoms with E-state index in [1.54, 1.807) is 24.3 Å². The van der Waals surface area contributed by atoms with E-state index in [9.17, 15) is 8.42 Å². The summed E-state index contributed by atoms with van der Waals surface area (Å²) in [6.07, 6.45) is 0.680. The zero-order valence-electron chi connectivity index (χ0n) is 13.7. The van der Waals surface area contributed by atoms with Crippen LogP contribution < -0.4 is 9.46 Å². The van der Waals surface area contributed by atoms with E-state index in [1.165, 1.54) is 0 Å². The molecule has 0 bridgehead atoms. The van der Waals surface area contributed by atoms with E-state index in [1.807, 2.05) is 45.0 Å². The molecule has 0 spiro atoms. The highest BCUT2D eigenvalue weighted by Crippen LogP contribution is 2.22. The van der Waals surface area contributed by atoms with Crippen LogP contribution in [0.1, 0.15) is 37.4 Å². The van der Waals surface area contributed by atoms with Crippen LogP contribution in [0.5, 0.6) is 5.75 Å². The van der Waals surface area contributed by atoms with Gasteiger partial charge in [-0.3, -0.25) is 0 Å². The number of sulfonamides is 1. The molecule has 2 aromatic rings. The quantitative estimate of drug-likeness (QED) is 0.838. The molecule has 0 aliphatic heterocycles. The molecule has 0 aliphatic carbocycles. The maximum Gasteiger partial charge on any atom is 0.241 e. The maximum absolute atomic E-state index is 12.6. The second kappa shape index (κ2) is 7.62. The van der Waals surface area contributed by atoms with Crippen LogP contribution in [0.2, 0.25) is 0 Å². The first kappa shape index (κ1) is 17.5. The molecule has 2 rings (SSSR count). The molecule has 4 nitrogen and oxygen atoms in total. The van der Waals surface area contributed by atoms with Crippen LogP contribution in [-0.4, -0.2) is 15.0 Å². The summed E-state index contributed by atoms with van der Waals surface area (Å²) >= 11 is 0. The van der Waals surface area contributed by atoms with Gasteiger partial charge < -0.3 is 4.74 Å². The summed E-state index contributed by atoms with van der Waals surface area (Å²) in [6, 6.07) is 14.1. The topological polar surface area (TPSA) is 55.4 Å². The fraction of sp³-hybridized carbons (Fsp3) is 0.333. The van der Waals surface area contributed by atoms with Crippen molar-refractivity contribution in [2.45, 2.75) is 38.1 Å². The molecule has 2 aromatic carbocycles. The van der Waals surface area contributed by atoms with Crippen LogP contribution in [0.25, 0.3) is 0 Å². The SMILES string of the molecule is CCOc1ccc(S(=O)(=O)N[C@@H](CC)c2ccc(C)cc2)cc1. The molecule has 124 valence electrons. The van der Waals surface area contributed by atoms with Crippen molar-refractivity contribution in [2.24, 2.45) is 0 Å². The lowest BCUT2D eigenvalue weighted by molar-refractivity contribution is 0.340. The van der Waals surface area contributed by atoms with Gasteiger partial charge in [-0.1, -0.05) is 36.8 Å². The van der Waals surface area contributed by atoms with Gasteiger partial charge in [0.25, 0.3) is 0 Å². The number of hydrogen-bond donors (Lipinski definition) is 1. The lowest BCUT2D eigenvalue weighted by Gasteiger charge is -2.18. The smallest absolute Gasteiger partial charge is 0.241 e. The molecule has 0 unspecified atom stereocenters. The van der Waals surface area contributed by atoms with Gasteiger partial charge in [0.15, 0.2) is 0 Å². The first-order chi connectivity index (χ1) is 11.0. The minimum absolute atomic E-state index is 0.242. The molecule has 0 aliphatic rings. The molecule has 0 amide bonds. The van der Waals surface area contributed by atoms with Crippen LogP contribution in [0.4, 0.5) is 0 Å². The Morgan fingerprint density at radius 1 is 1.00 bits per heavy atom. The highest BCUT2D eigenvalue weighted by atomic mass is 32.2. The first-order valence-electron chi connectivity index (χ1n) is 7.78. The van der Waals surface area contributed by atoms with Crippen LogP contribution in [0.15, 0.2) is 53.4 Å². The Kier molecular flexibility index (Phi) is 5.80. The van der Waals surface area contributed by atoms with Crippen molar-refractivity contribution >= 4 is 10.0 Å². The van der Waals surface area contributed by atoms with E-state index in [4.69, 9.17) is 4.74 Å². The van der Waals surface area contributed by atoms with Crippen LogP contribution in [0, 0.1) is 6.92 Å². The highest BCUT2D eigenvalue weighted by Gasteiger charge is 2.20. The number of rotatable bonds is 7. The molecule has 5 heteroatoms. The fourth-order valence-electron chi connectivity index (χ4n) is 2.32. The molecule has 0 heterocycles. The van der Waals surface area contributed by atoms with E-state index in [0.717, 1.165) is 11.1 Å². The molecule has 1 atom stereocenters. The highest BCUT2D eigenvalue weighted by molar-refractivity contribution is 7.89. The van der Waals surface area contributed by atoms with Gasteiger partial charge in [0, 0.05) is 6.04 Å². The monoisotopic (exact) mass is 333 g/mol. The third-order valence-electron chi connectivity index (χ3n) is 3.63. The van der Waals surface area contributed by atoms with Gasteiger partial charge in [0.05, 0.1) is 11.5 Å². The molecule has 0 saturated carbocycles.